The van der Waals surface area contributed by atoms with Gasteiger partial charge in [0.1, 0.15) is 0 Å². The van der Waals surface area contributed by atoms with Crippen LogP contribution in [0.1, 0.15) is 16.8 Å². The molecule has 2 nitrogen and oxygen atoms in total. The molecule has 0 aliphatic heterocycles. The van der Waals surface area contributed by atoms with Crippen molar-refractivity contribution in [3.63, 3.8) is 0 Å². The van der Waals surface area contributed by atoms with E-state index in [9.17, 15) is 0 Å². The molecule has 2 aromatic heterocycles. The summed E-state index contributed by atoms with van der Waals surface area (Å²) < 4.78 is 0. The highest BCUT2D eigenvalue weighted by molar-refractivity contribution is 7.08. The Balaban J connectivity index is 1.94. The molecule has 0 spiro atoms. The second-order valence-corrected chi connectivity index (χ2v) is 5.51. The summed E-state index contributed by atoms with van der Waals surface area (Å²) in [7, 11) is 0. The van der Waals surface area contributed by atoms with E-state index < -0.39 is 0 Å². The Hall–Kier alpha value is -1.87. The molecule has 0 aliphatic rings. The van der Waals surface area contributed by atoms with Crippen molar-refractivity contribution in [1.82, 2.24) is 4.98 Å². The van der Waals surface area contributed by atoms with E-state index in [0.29, 0.717) is 0 Å². The van der Waals surface area contributed by atoms with Crippen LogP contribution in [0.3, 0.4) is 0 Å². The van der Waals surface area contributed by atoms with Gasteiger partial charge in [0, 0.05) is 23.3 Å². The number of thiophene rings is 1. The molecule has 3 heteroatoms. The molecular weight excluding hydrogens is 252 g/mol. The molecule has 3 rings (SSSR count). The molecule has 3 aromatic rings. The standard InChI is InChI=1S/C16H16N2S/c1-11-9-19-10-13(11)8-17-16-7-12(2)18-15-6-4-3-5-14(15)16/h3-7,9-10H,8H2,1-2H3,(H,17,18). The van der Waals surface area contributed by atoms with Crippen molar-refractivity contribution < 1.29 is 0 Å². The molecule has 0 amide bonds. The molecule has 0 radical (unpaired) electrons. The van der Waals surface area contributed by atoms with Crippen molar-refractivity contribution in [3.8, 4) is 0 Å². The lowest BCUT2D eigenvalue weighted by atomic mass is 10.1. The highest BCUT2D eigenvalue weighted by atomic mass is 32.1. The van der Waals surface area contributed by atoms with Crippen LogP contribution in [0.15, 0.2) is 41.1 Å². The van der Waals surface area contributed by atoms with E-state index in [1.165, 1.54) is 16.5 Å². The first-order valence-corrected chi connectivity index (χ1v) is 7.30. The largest absolute Gasteiger partial charge is 0.380 e. The number of anilines is 1. The number of nitrogens with zero attached hydrogens (tertiary/aromatic N) is 1. The summed E-state index contributed by atoms with van der Waals surface area (Å²) in [5.74, 6) is 0. The smallest absolute Gasteiger partial charge is 0.0725 e. The Morgan fingerprint density at radius 3 is 2.79 bits per heavy atom. The van der Waals surface area contributed by atoms with Gasteiger partial charge in [-0.25, -0.2) is 0 Å². The van der Waals surface area contributed by atoms with Crippen molar-refractivity contribution in [3.05, 3.63) is 57.9 Å². The zero-order chi connectivity index (χ0) is 13.2. The molecule has 19 heavy (non-hydrogen) atoms. The minimum atomic E-state index is 0.864. The predicted molar refractivity (Wildman–Crippen MR) is 82.9 cm³/mol. The fraction of sp³-hybridized carbons (Fsp3) is 0.188. The van der Waals surface area contributed by atoms with Crippen molar-refractivity contribution >= 4 is 27.9 Å². The van der Waals surface area contributed by atoms with Gasteiger partial charge in [0.25, 0.3) is 0 Å². The molecule has 0 aliphatic carbocycles. The fourth-order valence-corrected chi connectivity index (χ4v) is 3.07. The Morgan fingerprint density at radius 1 is 1.16 bits per heavy atom. The summed E-state index contributed by atoms with van der Waals surface area (Å²) in [6, 6.07) is 10.4. The number of aromatic nitrogens is 1. The van der Waals surface area contributed by atoms with Gasteiger partial charge < -0.3 is 5.32 Å². The lowest BCUT2D eigenvalue weighted by molar-refractivity contribution is 1.13. The van der Waals surface area contributed by atoms with E-state index in [0.717, 1.165) is 23.4 Å². The predicted octanol–water partition coefficient (Wildman–Crippen LogP) is 4.53. The molecule has 0 bridgehead atoms. The molecule has 1 N–H and O–H groups in total. The fourth-order valence-electron chi connectivity index (χ4n) is 2.21. The van der Waals surface area contributed by atoms with Crippen LogP contribution in [-0.4, -0.2) is 4.98 Å². The molecule has 0 atom stereocenters. The third-order valence-corrected chi connectivity index (χ3v) is 4.19. The number of fused-ring (bicyclic) bond motifs is 1. The highest BCUT2D eigenvalue weighted by Crippen LogP contribution is 2.24. The van der Waals surface area contributed by atoms with E-state index >= 15 is 0 Å². The van der Waals surface area contributed by atoms with Crippen LogP contribution >= 0.6 is 11.3 Å². The number of hydrogen-bond acceptors (Lipinski definition) is 3. The molecular formula is C16H16N2S. The molecule has 0 fully saturated rings. The minimum Gasteiger partial charge on any atom is -0.380 e. The number of nitrogens with one attached hydrogen (secondary N) is 1. The van der Waals surface area contributed by atoms with Gasteiger partial charge in [-0.15, -0.1) is 0 Å². The van der Waals surface area contributed by atoms with Crippen molar-refractivity contribution in [2.75, 3.05) is 5.32 Å². The number of benzene rings is 1. The second-order valence-electron chi connectivity index (χ2n) is 4.76. The monoisotopic (exact) mass is 268 g/mol. The topological polar surface area (TPSA) is 24.9 Å². The van der Waals surface area contributed by atoms with Crippen LogP contribution < -0.4 is 5.32 Å². The quantitative estimate of drug-likeness (QED) is 0.755. The number of pyridine rings is 1. The van der Waals surface area contributed by atoms with Crippen LogP contribution in [0.2, 0.25) is 0 Å². The maximum absolute atomic E-state index is 4.56. The average molecular weight is 268 g/mol. The lowest BCUT2D eigenvalue weighted by Crippen LogP contribution is -2.01. The number of rotatable bonds is 3. The van der Waals surface area contributed by atoms with Gasteiger partial charge in [-0.3, -0.25) is 4.98 Å². The normalized spacial score (nSPS) is 10.8. The van der Waals surface area contributed by atoms with Gasteiger partial charge in [-0.2, -0.15) is 11.3 Å². The van der Waals surface area contributed by atoms with Crippen LogP contribution in [-0.2, 0) is 6.54 Å². The molecule has 96 valence electrons. The number of aryl methyl sites for hydroxylation is 2. The third-order valence-electron chi connectivity index (χ3n) is 3.28. The zero-order valence-electron chi connectivity index (χ0n) is 11.1. The van der Waals surface area contributed by atoms with E-state index in [4.69, 9.17) is 0 Å². The Morgan fingerprint density at radius 2 is 2.00 bits per heavy atom. The maximum Gasteiger partial charge on any atom is 0.0725 e. The summed E-state index contributed by atoms with van der Waals surface area (Å²) in [6.45, 7) is 5.06. The van der Waals surface area contributed by atoms with Crippen molar-refractivity contribution in [2.24, 2.45) is 0 Å². The first-order valence-electron chi connectivity index (χ1n) is 6.36. The summed E-state index contributed by atoms with van der Waals surface area (Å²) in [6.07, 6.45) is 0. The van der Waals surface area contributed by atoms with Crippen LogP contribution in [0.5, 0.6) is 0 Å². The van der Waals surface area contributed by atoms with Crippen molar-refractivity contribution in [1.29, 1.82) is 0 Å². The molecule has 0 saturated carbocycles. The number of hydrogen-bond donors (Lipinski definition) is 1. The Labute approximate surface area is 117 Å². The first kappa shape index (κ1) is 12.2. The second kappa shape index (κ2) is 5.02. The van der Waals surface area contributed by atoms with Gasteiger partial charge >= 0.3 is 0 Å². The zero-order valence-corrected chi connectivity index (χ0v) is 11.9. The summed E-state index contributed by atoms with van der Waals surface area (Å²) in [5, 5.41) is 9.11. The van der Waals surface area contributed by atoms with Crippen LogP contribution in [0, 0.1) is 13.8 Å². The van der Waals surface area contributed by atoms with Gasteiger partial charge in [-0.1, -0.05) is 18.2 Å². The van der Waals surface area contributed by atoms with E-state index in [1.807, 2.05) is 13.0 Å². The van der Waals surface area contributed by atoms with Gasteiger partial charge in [0.05, 0.1) is 5.52 Å². The summed E-state index contributed by atoms with van der Waals surface area (Å²) >= 11 is 1.76. The highest BCUT2D eigenvalue weighted by Gasteiger charge is 2.04. The van der Waals surface area contributed by atoms with E-state index in [2.05, 4.69) is 52.3 Å². The average Bonchev–Trinajstić information content (AvgIpc) is 2.81. The third kappa shape index (κ3) is 2.47. The van der Waals surface area contributed by atoms with Crippen LogP contribution in [0.25, 0.3) is 10.9 Å². The summed E-state index contributed by atoms with van der Waals surface area (Å²) in [5.41, 5.74) is 5.97. The van der Waals surface area contributed by atoms with Gasteiger partial charge in [0.15, 0.2) is 0 Å². The minimum absolute atomic E-state index is 0.864. The first-order chi connectivity index (χ1) is 9.24. The lowest BCUT2D eigenvalue weighted by Gasteiger charge is -2.10. The van der Waals surface area contributed by atoms with Crippen molar-refractivity contribution in [2.45, 2.75) is 20.4 Å². The Kier molecular flexibility index (Phi) is 3.22. The molecule has 2 heterocycles. The van der Waals surface area contributed by atoms with Gasteiger partial charge in [0.2, 0.25) is 0 Å². The van der Waals surface area contributed by atoms with Crippen LogP contribution in [0.4, 0.5) is 5.69 Å². The van der Waals surface area contributed by atoms with E-state index in [1.54, 1.807) is 11.3 Å². The summed E-state index contributed by atoms with van der Waals surface area (Å²) in [4.78, 5) is 4.56. The number of para-hydroxylation sites is 1. The van der Waals surface area contributed by atoms with Gasteiger partial charge in [-0.05, 0) is 47.9 Å². The maximum atomic E-state index is 4.56. The molecule has 0 unspecified atom stereocenters. The molecule has 0 saturated heterocycles. The SMILES string of the molecule is Cc1cc(NCc2cscc2C)c2ccccc2n1. The Bertz CT molecular complexity index is 716. The van der Waals surface area contributed by atoms with E-state index in [-0.39, 0.29) is 0 Å². The molecule has 1 aromatic carbocycles.